The van der Waals surface area contributed by atoms with Crippen LogP contribution in [0.25, 0.3) is 17.2 Å². The molecular formula is C24H22BrNO5S. The predicted molar refractivity (Wildman–Crippen MR) is 131 cm³/mol. The molecule has 1 aromatic heterocycles. The van der Waals surface area contributed by atoms with Crippen LogP contribution in [0, 0.1) is 0 Å². The van der Waals surface area contributed by atoms with Gasteiger partial charge < -0.3 is 19.5 Å². The van der Waals surface area contributed by atoms with Crippen molar-refractivity contribution in [1.82, 2.24) is 0 Å². The zero-order chi connectivity index (χ0) is 23.1. The van der Waals surface area contributed by atoms with Gasteiger partial charge in [-0.05, 0) is 52.2 Å². The third-order valence-corrected chi connectivity index (χ3v) is 5.96. The van der Waals surface area contributed by atoms with Gasteiger partial charge in [0.2, 0.25) is 5.91 Å². The van der Waals surface area contributed by atoms with Crippen molar-refractivity contribution in [2.75, 3.05) is 26.1 Å². The number of carbonyl (C=O) groups excluding carboxylic acids is 2. The molecule has 0 saturated carbocycles. The van der Waals surface area contributed by atoms with Gasteiger partial charge in [-0.15, -0.1) is 11.3 Å². The quantitative estimate of drug-likeness (QED) is 0.293. The Hall–Kier alpha value is -3.10. The van der Waals surface area contributed by atoms with E-state index in [1.54, 1.807) is 33.3 Å². The van der Waals surface area contributed by atoms with Crippen molar-refractivity contribution in [2.45, 2.75) is 6.92 Å². The molecule has 32 heavy (non-hydrogen) atoms. The van der Waals surface area contributed by atoms with Crippen molar-refractivity contribution in [3.63, 3.8) is 0 Å². The van der Waals surface area contributed by atoms with E-state index in [0.717, 1.165) is 16.7 Å². The van der Waals surface area contributed by atoms with Crippen LogP contribution in [-0.2, 0) is 9.53 Å². The summed E-state index contributed by atoms with van der Waals surface area (Å²) in [4.78, 5) is 25.2. The summed E-state index contributed by atoms with van der Waals surface area (Å²) in [7, 11) is 3.10. The summed E-state index contributed by atoms with van der Waals surface area (Å²) < 4.78 is 16.6. The largest absolute Gasteiger partial charge is 0.493 e. The van der Waals surface area contributed by atoms with Crippen LogP contribution in [0.2, 0.25) is 0 Å². The fourth-order valence-corrected chi connectivity index (χ4v) is 4.63. The SMILES string of the molecule is CCOC(=O)c1c(-c2ccccc2)csc1NC(=O)C=Cc1cc(Br)c(OC)c(OC)c1. The Morgan fingerprint density at radius 1 is 1.12 bits per heavy atom. The molecule has 166 valence electrons. The van der Waals surface area contributed by atoms with Gasteiger partial charge in [0.25, 0.3) is 0 Å². The molecule has 0 fully saturated rings. The van der Waals surface area contributed by atoms with Crippen molar-refractivity contribution in [3.8, 4) is 22.6 Å². The van der Waals surface area contributed by atoms with Gasteiger partial charge in [-0.2, -0.15) is 0 Å². The molecular weight excluding hydrogens is 494 g/mol. The molecule has 1 N–H and O–H groups in total. The molecule has 0 aliphatic carbocycles. The number of thiophene rings is 1. The van der Waals surface area contributed by atoms with E-state index in [1.807, 2.05) is 41.8 Å². The van der Waals surface area contributed by atoms with E-state index in [2.05, 4.69) is 21.2 Å². The van der Waals surface area contributed by atoms with Crippen LogP contribution in [0.15, 0.2) is 58.4 Å². The van der Waals surface area contributed by atoms with Crippen molar-refractivity contribution in [2.24, 2.45) is 0 Å². The molecule has 6 nitrogen and oxygen atoms in total. The minimum absolute atomic E-state index is 0.240. The average molecular weight is 516 g/mol. The lowest BCUT2D eigenvalue weighted by molar-refractivity contribution is -0.111. The van der Waals surface area contributed by atoms with Gasteiger partial charge in [-0.25, -0.2) is 4.79 Å². The van der Waals surface area contributed by atoms with Crippen LogP contribution in [0.1, 0.15) is 22.8 Å². The Morgan fingerprint density at radius 2 is 1.88 bits per heavy atom. The molecule has 1 amide bonds. The summed E-state index contributed by atoms with van der Waals surface area (Å²) in [5.74, 6) is 0.260. The Kier molecular flexibility index (Phi) is 8.08. The van der Waals surface area contributed by atoms with Gasteiger partial charge in [0, 0.05) is 17.0 Å². The Morgan fingerprint density at radius 3 is 2.53 bits per heavy atom. The molecule has 0 bridgehead atoms. The molecule has 8 heteroatoms. The van der Waals surface area contributed by atoms with Crippen LogP contribution < -0.4 is 14.8 Å². The van der Waals surface area contributed by atoms with Gasteiger partial charge in [0.1, 0.15) is 10.6 Å². The van der Waals surface area contributed by atoms with Crippen molar-refractivity contribution in [3.05, 3.63) is 69.5 Å². The lowest BCUT2D eigenvalue weighted by Crippen LogP contribution is -2.12. The molecule has 3 rings (SSSR count). The van der Waals surface area contributed by atoms with E-state index in [0.29, 0.717) is 26.5 Å². The van der Waals surface area contributed by atoms with E-state index in [9.17, 15) is 9.59 Å². The number of methoxy groups -OCH3 is 2. The Labute approximate surface area is 198 Å². The second-order valence-corrected chi connectivity index (χ2v) is 8.23. The van der Waals surface area contributed by atoms with Crippen LogP contribution in [-0.4, -0.2) is 32.7 Å². The first-order valence-electron chi connectivity index (χ1n) is 9.73. The van der Waals surface area contributed by atoms with Gasteiger partial charge in [0.05, 0.1) is 25.3 Å². The highest BCUT2D eigenvalue weighted by Crippen LogP contribution is 2.37. The number of esters is 1. The zero-order valence-electron chi connectivity index (χ0n) is 17.8. The smallest absolute Gasteiger partial charge is 0.341 e. The molecule has 1 heterocycles. The Bertz CT molecular complexity index is 1140. The summed E-state index contributed by atoms with van der Waals surface area (Å²) in [6.45, 7) is 1.99. The molecule has 0 radical (unpaired) electrons. The summed E-state index contributed by atoms with van der Waals surface area (Å²) in [6.07, 6.45) is 3.04. The second kappa shape index (κ2) is 11.0. The van der Waals surface area contributed by atoms with E-state index in [1.165, 1.54) is 17.4 Å². The summed E-state index contributed by atoms with van der Waals surface area (Å²) in [5, 5.41) is 5.08. The van der Waals surface area contributed by atoms with Gasteiger partial charge in [-0.1, -0.05) is 30.3 Å². The highest BCUT2D eigenvalue weighted by molar-refractivity contribution is 9.10. The number of halogens is 1. The van der Waals surface area contributed by atoms with Crippen molar-refractivity contribution < 1.29 is 23.8 Å². The normalized spacial score (nSPS) is 10.8. The minimum Gasteiger partial charge on any atom is -0.493 e. The number of anilines is 1. The van der Waals surface area contributed by atoms with Gasteiger partial charge >= 0.3 is 5.97 Å². The van der Waals surface area contributed by atoms with Crippen molar-refractivity contribution >= 4 is 50.2 Å². The monoisotopic (exact) mass is 515 g/mol. The number of rotatable bonds is 8. The first-order valence-corrected chi connectivity index (χ1v) is 11.4. The fraction of sp³-hybridized carbons (Fsp3) is 0.167. The molecule has 0 aliphatic heterocycles. The van der Waals surface area contributed by atoms with Gasteiger partial charge in [0.15, 0.2) is 11.5 Å². The molecule has 3 aromatic rings. The van der Waals surface area contributed by atoms with Crippen LogP contribution in [0.5, 0.6) is 11.5 Å². The Balaban J connectivity index is 1.86. The standard InChI is InChI=1S/C24H22BrNO5S/c1-4-31-24(28)21-17(16-8-6-5-7-9-16)14-32-23(21)26-20(27)11-10-15-12-18(25)22(30-3)19(13-15)29-2/h5-14H,4H2,1-3H3,(H,26,27). The molecule has 2 aromatic carbocycles. The number of amides is 1. The second-order valence-electron chi connectivity index (χ2n) is 6.50. The summed E-state index contributed by atoms with van der Waals surface area (Å²) in [5.41, 5.74) is 2.68. The molecule has 0 saturated heterocycles. The van der Waals surface area contributed by atoms with Crippen molar-refractivity contribution in [1.29, 1.82) is 0 Å². The fourth-order valence-electron chi connectivity index (χ4n) is 3.05. The van der Waals surface area contributed by atoms with E-state index in [-0.39, 0.29) is 12.5 Å². The first kappa shape index (κ1) is 23.6. The van der Waals surface area contributed by atoms with Crippen LogP contribution in [0.3, 0.4) is 0 Å². The number of ether oxygens (including phenoxy) is 3. The van der Waals surface area contributed by atoms with Crippen LogP contribution in [0.4, 0.5) is 5.00 Å². The number of hydrogen-bond acceptors (Lipinski definition) is 6. The minimum atomic E-state index is -0.476. The number of benzene rings is 2. The van der Waals surface area contributed by atoms with Gasteiger partial charge in [-0.3, -0.25) is 4.79 Å². The first-order chi connectivity index (χ1) is 15.5. The third kappa shape index (κ3) is 5.38. The maximum Gasteiger partial charge on any atom is 0.341 e. The highest BCUT2D eigenvalue weighted by atomic mass is 79.9. The number of nitrogens with one attached hydrogen (secondary N) is 1. The summed E-state index contributed by atoms with van der Waals surface area (Å²) in [6, 6.07) is 13.1. The average Bonchev–Trinajstić information content (AvgIpc) is 3.21. The van der Waals surface area contributed by atoms with E-state index in [4.69, 9.17) is 14.2 Å². The topological polar surface area (TPSA) is 73.9 Å². The molecule has 0 atom stereocenters. The number of hydrogen-bond donors (Lipinski definition) is 1. The maximum atomic E-state index is 12.6. The maximum absolute atomic E-state index is 12.6. The molecule has 0 spiro atoms. The predicted octanol–water partition coefficient (Wildman–Crippen LogP) is 6.02. The lowest BCUT2D eigenvalue weighted by atomic mass is 10.0. The third-order valence-electron chi connectivity index (χ3n) is 4.48. The van der Waals surface area contributed by atoms with E-state index >= 15 is 0 Å². The number of carbonyl (C=O) groups is 2. The lowest BCUT2D eigenvalue weighted by Gasteiger charge is -2.10. The van der Waals surface area contributed by atoms with E-state index < -0.39 is 5.97 Å². The molecule has 0 aliphatic rings. The summed E-state index contributed by atoms with van der Waals surface area (Å²) >= 11 is 4.71. The molecule has 0 unspecified atom stereocenters. The zero-order valence-corrected chi connectivity index (χ0v) is 20.2. The highest BCUT2D eigenvalue weighted by Gasteiger charge is 2.22. The van der Waals surface area contributed by atoms with Crippen LogP contribution >= 0.6 is 27.3 Å².